The molecule has 0 aliphatic heterocycles. The molecule has 0 aromatic heterocycles. The minimum Gasteiger partial charge on any atom is -0.497 e. The molecule has 3 nitrogen and oxygen atoms in total. The van der Waals surface area contributed by atoms with E-state index >= 15 is 0 Å². The van der Waals surface area contributed by atoms with Gasteiger partial charge in [0, 0.05) is 12.1 Å². The molecule has 18 heavy (non-hydrogen) atoms. The van der Waals surface area contributed by atoms with Gasteiger partial charge in [-0.3, -0.25) is 0 Å². The normalized spacial score (nSPS) is 14.4. The van der Waals surface area contributed by atoms with Gasteiger partial charge in [0.05, 0.1) is 14.2 Å². The highest BCUT2D eigenvalue weighted by Gasteiger charge is 2.21. The molecule has 0 fully saturated rings. The van der Waals surface area contributed by atoms with Crippen LogP contribution < -0.4 is 14.8 Å². The molecule has 102 valence electrons. The Labute approximate surface area is 110 Å². The lowest BCUT2D eigenvalue weighted by Crippen LogP contribution is -2.26. The monoisotopic (exact) mass is 251 g/mol. The van der Waals surface area contributed by atoms with Gasteiger partial charge in [-0.2, -0.15) is 0 Å². The molecule has 1 rings (SSSR count). The second kappa shape index (κ2) is 6.64. The quantitative estimate of drug-likeness (QED) is 0.842. The Bertz CT molecular complexity index is 355. The number of nitrogens with one attached hydrogen (secondary N) is 1. The second-order valence-electron chi connectivity index (χ2n) is 5.02. The Morgan fingerprint density at radius 1 is 0.944 bits per heavy atom. The smallest absolute Gasteiger partial charge is 0.122 e. The van der Waals surface area contributed by atoms with Crippen LogP contribution >= 0.6 is 0 Å². The molecule has 2 unspecified atom stereocenters. The van der Waals surface area contributed by atoms with Crippen LogP contribution in [0.3, 0.4) is 0 Å². The second-order valence-corrected chi connectivity index (χ2v) is 5.02. The van der Waals surface area contributed by atoms with Crippen LogP contribution in [0.25, 0.3) is 0 Å². The van der Waals surface area contributed by atoms with Crippen LogP contribution in [0.15, 0.2) is 18.2 Å². The van der Waals surface area contributed by atoms with Gasteiger partial charge in [-0.1, -0.05) is 20.8 Å². The lowest BCUT2D eigenvalue weighted by Gasteiger charge is -2.27. The predicted molar refractivity (Wildman–Crippen MR) is 75.3 cm³/mol. The Morgan fingerprint density at radius 3 is 1.78 bits per heavy atom. The molecule has 0 aliphatic carbocycles. The summed E-state index contributed by atoms with van der Waals surface area (Å²) in [7, 11) is 5.35. The van der Waals surface area contributed by atoms with Crippen molar-refractivity contribution in [1.29, 1.82) is 0 Å². The molecule has 0 aliphatic rings. The van der Waals surface area contributed by atoms with Crippen molar-refractivity contribution in [2.45, 2.75) is 26.8 Å². The molecule has 1 aromatic rings. The van der Waals surface area contributed by atoms with Gasteiger partial charge >= 0.3 is 0 Å². The van der Waals surface area contributed by atoms with Crippen LogP contribution in [0.4, 0.5) is 0 Å². The summed E-state index contributed by atoms with van der Waals surface area (Å²) in [6.45, 7) is 6.75. The molecule has 0 bridgehead atoms. The molecular formula is C15H25NO2. The molecule has 0 spiro atoms. The summed E-state index contributed by atoms with van der Waals surface area (Å²) >= 11 is 0. The summed E-state index contributed by atoms with van der Waals surface area (Å²) < 4.78 is 10.6. The lowest BCUT2D eigenvalue weighted by molar-refractivity contribution is 0.314. The molecule has 2 atom stereocenters. The van der Waals surface area contributed by atoms with Crippen LogP contribution in [0.2, 0.25) is 0 Å². The number of ether oxygens (including phenoxy) is 2. The van der Waals surface area contributed by atoms with Crippen LogP contribution in [0, 0.1) is 11.8 Å². The zero-order valence-electron chi connectivity index (χ0n) is 12.3. The first-order valence-corrected chi connectivity index (χ1v) is 6.43. The van der Waals surface area contributed by atoms with Gasteiger partial charge in [-0.15, -0.1) is 0 Å². The van der Waals surface area contributed by atoms with E-state index in [1.54, 1.807) is 14.2 Å². The van der Waals surface area contributed by atoms with Crippen LogP contribution in [0.1, 0.15) is 32.4 Å². The van der Waals surface area contributed by atoms with Crippen molar-refractivity contribution in [2.75, 3.05) is 21.3 Å². The summed E-state index contributed by atoms with van der Waals surface area (Å²) in [6, 6.07) is 6.34. The minimum absolute atomic E-state index is 0.300. The maximum absolute atomic E-state index is 5.32. The van der Waals surface area contributed by atoms with E-state index in [1.165, 1.54) is 5.56 Å². The molecule has 0 heterocycles. The third kappa shape index (κ3) is 3.39. The molecule has 0 saturated carbocycles. The fraction of sp³-hybridized carbons (Fsp3) is 0.600. The Kier molecular flexibility index (Phi) is 5.48. The molecule has 0 saturated heterocycles. The van der Waals surface area contributed by atoms with Gasteiger partial charge in [0.25, 0.3) is 0 Å². The topological polar surface area (TPSA) is 30.5 Å². The van der Waals surface area contributed by atoms with Crippen molar-refractivity contribution in [3.8, 4) is 11.5 Å². The first-order valence-electron chi connectivity index (χ1n) is 6.43. The van der Waals surface area contributed by atoms with E-state index in [4.69, 9.17) is 9.47 Å². The SMILES string of the molecule is CNC(c1cc(OC)cc(OC)c1)C(C)C(C)C. The van der Waals surface area contributed by atoms with Crippen LogP contribution in [-0.4, -0.2) is 21.3 Å². The number of hydrogen-bond acceptors (Lipinski definition) is 3. The summed E-state index contributed by atoms with van der Waals surface area (Å²) in [6.07, 6.45) is 0. The third-order valence-electron chi connectivity index (χ3n) is 3.62. The molecule has 1 aromatic carbocycles. The highest BCUT2D eigenvalue weighted by atomic mass is 16.5. The Balaban J connectivity index is 3.11. The van der Waals surface area contributed by atoms with Crippen molar-refractivity contribution in [3.63, 3.8) is 0 Å². The maximum atomic E-state index is 5.32. The average molecular weight is 251 g/mol. The van der Waals surface area contributed by atoms with Gasteiger partial charge in [0.2, 0.25) is 0 Å². The van der Waals surface area contributed by atoms with Gasteiger partial charge in [-0.25, -0.2) is 0 Å². The average Bonchev–Trinajstić information content (AvgIpc) is 2.38. The molecule has 3 heteroatoms. The van der Waals surface area contributed by atoms with Gasteiger partial charge in [0.15, 0.2) is 0 Å². The summed E-state index contributed by atoms with van der Waals surface area (Å²) in [5.41, 5.74) is 1.20. The number of rotatable bonds is 6. The Hall–Kier alpha value is -1.22. The summed E-state index contributed by atoms with van der Waals surface area (Å²) in [5, 5.41) is 3.39. The maximum Gasteiger partial charge on any atom is 0.122 e. The Morgan fingerprint density at radius 2 is 1.44 bits per heavy atom. The fourth-order valence-electron chi connectivity index (χ4n) is 2.13. The van der Waals surface area contributed by atoms with Gasteiger partial charge < -0.3 is 14.8 Å². The van der Waals surface area contributed by atoms with Gasteiger partial charge in [-0.05, 0) is 36.6 Å². The lowest BCUT2D eigenvalue weighted by atomic mass is 9.86. The molecule has 0 amide bonds. The molecular weight excluding hydrogens is 226 g/mol. The zero-order valence-corrected chi connectivity index (χ0v) is 12.3. The van der Waals surface area contributed by atoms with E-state index in [2.05, 4.69) is 38.2 Å². The largest absolute Gasteiger partial charge is 0.497 e. The van der Waals surface area contributed by atoms with Gasteiger partial charge in [0.1, 0.15) is 11.5 Å². The first kappa shape index (κ1) is 14.8. The fourth-order valence-corrected chi connectivity index (χ4v) is 2.13. The van der Waals surface area contributed by atoms with Crippen molar-refractivity contribution < 1.29 is 9.47 Å². The predicted octanol–water partition coefficient (Wildman–Crippen LogP) is 3.26. The highest BCUT2D eigenvalue weighted by molar-refractivity contribution is 5.40. The van der Waals surface area contributed by atoms with E-state index in [-0.39, 0.29) is 0 Å². The number of benzene rings is 1. The van der Waals surface area contributed by atoms with E-state index < -0.39 is 0 Å². The summed E-state index contributed by atoms with van der Waals surface area (Å²) in [5.74, 6) is 2.81. The highest BCUT2D eigenvalue weighted by Crippen LogP contribution is 2.32. The van der Waals surface area contributed by atoms with Crippen molar-refractivity contribution in [3.05, 3.63) is 23.8 Å². The summed E-state index contributed by atoms with van der Waals surface area (Å²) in [4.78, 5) is 0. The molecule has 0 radical (unpaired) electrons. The number of methoxy groups -OCH3 is 2. The third-order valence-corrected chi connectivity index (χ3v) is 3.62. The minimum atomic E-state index is 0.300. The van der Waals surface area contributed by atoms with E-state index in [0.29, 0.717) is 17.9 Å². The van der Waals surface area contributed by atoms with Crippen molar-refractivity contribution in [1.82, 2.24) is 5.32 Å². The van der Waals surface area contributed by atoms with Crippen LogP contribution in [0.5, 0.6) is 11.5 Å². The van der Waals surface area contributed by atoms with Crippen molar-refractivity contribution in [2.24, 2.45) is 11.8 Å². The van der Waals surface area contributed by atoms with E-state index in [0.717, 1.165) is 11.5 Å². The molecule has 1 N–H and O–H groups in total. The zero-order chi connectivity index (χ0) is 13.7. The first-order chi connectivity index (χ1) is 8.53. The van der Waals surface area contributed by atoms with E-state index in [1.807, 2.05) is 13.1 Å². The van der Waals surface area contributed by atoms with E-state index in [9.17, 15) is 0 Å². The van der Waals surface area contributed by atoms with Crippen molar-refractivity contribution >= 4 is 0 Å². The standard InChI is InChI=1S/C15H25NO2/c1-10(2)11(3)15(16-4)12-7-13(17-5)9-14(8-12)18-6/h7-11,15-16H,1-6H3. The van der Waals surface area contributed by atoms with Crippen LogP contribution in [-0.2, 0) is 0 Å². The number of hydrogen-bond donors (Lipinski definition) is 1.